The fourth-order valence-corrected chi connectivity index (χ4v) is 10.2. The van der Waals surface area contributed by atoms with Crippen molar-refractivity contribution in [2.75, 3.05) is 450 Å². The van der Waals surface area contributed by atoms with Gasteiger partial charge >= 0.3 is 5.97 Å². The number of hydrogen-bond acceptors (Lipinski definition) is 48. The van der Waals surface area contributed by atoms with Gasteiger partial charge in [-0.3, -0.25) is 33.6 Å². The lowest BCUT2D eigenvalue weighted by Crippen LogP contribution is -2.43. The lowest BCUT2D eigenvalue weighted by Gasteiger charge is -2.33. The monoisotopic (exact) mass is 2060 g/mol. The van der Waals surface area contributed by atoms with Crippen LogP contribution in [0, 0.1) is 21.7 Å². The molecule has 0 aromatic rings. The first-order valence-electron chi connectivity index (χ1n) is 51.1. The Morgan fingerprint density at radius 1 is 0.264 bits per heavy atom. The summed E-state index contributed by atoms with van der Waals surface area (Å²) >= 11 is 0. The van der Waals surface area contributed by atoms with Crippen LogP contribution in [-0.2, 0) is 214 Å². The van der Waals surface area contributed by atoms with Crippen LogP contribution in [0.2, 0.25) is 0 Å². The van der Waals surface area contributed by atoms with E-state index in [0.717, 1.165) is 0 Å². The number of rotatable bonds is 113. The van der Waals surface area contributed by atoms with Gasteiger partial charge in [-0.25, -0.2) is 0 Å². The minimum Gasteiger partial charge on any atom is -0.465 e. The topological polar surface area (TPSA) is 606 Å². The summed E-state index contributed by atoms with van der Waals surface area (Å²) in [4.78, 5) is 128. The summed E-state index contributed by atoms with van der Waals surface area (Å²) < 4.78 is 267. The number of aldehydes is 5. The molecule has 0 radical (unpaired) electrons. The number of aliphatic hydroxyl groups is 3. The predicted molar refractivity (Wildman–Crippen MR) is 492 cm³/mol. The molecule has 0 spiro atoms. The van der Waals surface area contributed by atoms with Crippen molar-refractivity contribution in [2.24, 2.45) is 21.7 Å². The van der Waals surface area contributed by atoms with Gasteiger partial charge in [0.25, 0.3) is 19.3 Å². The Morgan fingerprint density at radius 3 is 0.700 bits per heavy atom. The van der Waals surface area contributed by atoms with Crippen molar-refractivity contribution >= 4 is 75.3 Å². The number of hydrogen-bond donors (Lipinski definition) is 6. The van der Waals surface area contributed by atoms with E-state index >= 15 is 0 Å². The summed E-state index contributed by atoms with van der Waals surface area (Å²) in [6.45, 7) is 13.0. The molecule has 0 aliphatic heterocycles. The van der Waals surface area contributed by atoms with Gasteiger partial charge in [-0.15, -0.1) is 0 Å². The third-order valence-corrected chi connectivity index (χ3v) is 16.5. The Bertz CT molecular complexity index is 2750. The molecular weight excluding hydrogens is 1880 g/mol. The van der Waals surface area contributed by atoms with E-state index in [2.05, 4.69) is 45.5 Å². The highest BCUT2D eigenvalue weighted by Gasteiger charge is 2.37. The SMILES string of the molecule is C.[2H]C(=O)CCCOCCOCC(COCCOCCNC([2H])=O)(COCCOCCNC([2H])=O)COCCOCCNC(C)=O.[2H]C(=O)COCCOCC(COCCOCC([2H])=O)(COCCOCC([2H])=O)COCCOCC([2H])=O.[2H]C(=O)OCCOCCOCC(COCCOCCOC([2H])=O)(COCCOCCOC([2H])=O)COCCOCCOC(C)=O.[2H]OCCOCC(COCCO[2H])(COCCO[2H])COCCOC. The first kappa shape index (κ1) is 117. The molecule has 0 bridgehead atoms. The van der Waals surface area contributed by atoms with Crippen LogP contribution in [0.5, 0.6) is 0 Å². The van der Waals surface area contributed by atoms with Crippen LogP contribution in [-0.4, -0.2) is 545 Å². The second-order valence-corrected chi connectivity index (χ2v) is 28.6. The molecule has 0 saturated heterocycles. The standard InChI is InChI=1S/C27H51N3O12.C26H46O16.C21H36O12.C14H30O8.CH4/c1-26(34)30-6-11-38-15-19-42-23-27(20-39-16-12-35-8-3-2-7-31,21-40-17-13-36-9-4-28-24-32)22-41-18-14-37-10-5-29-25-33;1-25(30)42-17-16-34-5-12-38-21-26(18-35-9-2-31-6-13-39-22-27,19-36-10-3-32-7-14-40-23-28)20-37-11-4-33-8-15-41-24-29;22-1-5-26-9-13-30-17-21(18-31-14-10-27-6-2-23,19-32-15-11-28-7-3-24)20-33-16-12-29-8-4-25;1-18-8-9-22-13-14(10-19-5-2-15,11-20-6-3-16)12-21-7-4-17;/h7,24-25H,2-6,8-23H2,1H3,(H,28,32)(H,29,33)(H,30,34);22-24H,2-21H2,1H3;1-4H,5-20H2;15-17H,2-13H2,1H3;1H4/i7D,24D,25D;22D,23D,24D;1D,2D,3D,4D;15D,16D,17D;. The second-order valence-electron chi connectivity index (χ2n) is 28.6. The number of carbonyl (C=O) groups excluding carboxylic acids is 12. The van der Waals surface area contributed by atoms with Gasteiger partial charge in [0.1, 0.15) is 93.8 Å². The molecule has 140 heavy (non-hydrogen) atoms. The summed E-state index contributed by atoms with van der Waals surface area (Å²) in [6.07, 6.45) is -8.65. The summed E-state index contributed by atoms with van der Waals surface area (Å²) in [7, 11) is 1.59. The lowest BCUT2D eigenvalue weighted by molar-refractivity contribution is -0.143. The Hall–Kier alpha value is -6.64. The van der Waals surface area contributed by atoms with E-state index in [9.17, 15) is 57.5 Å². The molecule has 826 valence electrons. The zero-order chi connectivity index (χ0) is 113. The van der Waals surface area contributed by atoms with Crippen molar-refractivity contribution < 1.29 is 243 Å². The van der Waals surface area contributed by atoms with E-state index in [0.29, 0.717) is 59.2 Å². The maximum Gasteiger partial charge on any atom is 0.302 e. The van der Waals surface area contributed by atoms with Crippen LogP contribution in [0.15, 0.2) is 0 Å². The smallest absolute Gasteiger partial charge is 0.302 e. The Balaban J connectivity index is -0.000000648. The third kappa shape index (κ3) is 107. The van der Waals surface area contributed by atoms with Gasteiger partial charge in [0.05, 0.1) is 385 Å². The van der Waals surface area contributed by atoms with E-state index in [1.165, 1.54) is 13.8 Å². The number of aliphatic hydroxyl groups excluding tert-OH is 3. The highest BCUT2D eigenvalue weighted by Crippen LogP contribution is 2.25. The third-order valence-electron chi connectivity index (χ3n) is 16.5. The number of ether oxygens (including phenoxy) is 33. The van der Waals surface area contributed by atoms with Gasteiger partial charge in [0.2, 0.25) is 23.0 Å². The zero-order valence-electron chi connectivity index (χ0n) is 93.9. The van der Waals surface area contributed by atoms with Crippen molar-refractivity contribution in [3.63, 3.8) is 0 Å². The molecule has 3 amide bonds. The Kier molecular flexibility index (Phi) is 99.6. The Labute approximate surface area is 841 Å². The highest BCUT2D eigenvalue weighted by molar-refractivity contribution is 5.72. The molecule has 0 aliphatic rings. The minimum atomic E-state index is -1.14. The first-order chi connectivity index (χ1) is 73.2. The van der Waals surface area contributed by atoms with Gasteiger partial charge in [-0.2, -0.15) is 0 Å². The number of nitrogens with one attached hydrogen (secondary N) is 3. The average Bonchev–Trinajstić information content (AvgIpc) is 0.884. The second kappa shape index (κ2) is 119. The summed E-state index contributed by atoms with van der Waals surface area (Å²) in [5.74, 6) is -0.534. The normalized spacial score (nSPS) is 12.6. The largest absolute Gasteiger partial charge is 0.465 e. The van der Waals surface area contributed by atoms with E-state index in [-0.39, 0.29) is 409 Å². The van der Waals surface area contributed by atoms with Crippen molar-refractivity contribution in [1.29, 1.82) is 4.29 Å². The number of amides is 3. The molecule has 6 N–H and O–H groups in total. The van der Waals surface area contributed by atoms with Crippen LogP contribution in [0.25, 0.3) is 0 Å². The summed E-state index contributed by atoms with van der Waals surface area (Å²) in [5, 5.41) is 20.0. The molecule has 0 aliphatic carbocycles. The van der Waals surface area contributed by atoms with Crippen LogP contribution in [0.3, 0.4) is 0 Å². The Morgan fingerprint density at radius 2 is 0.479 bits per heavy atom. The minimum absolute atomic E-state index is 0. The number of esters is 1. The van der Waals surface area contributed by atoms with Crippen molar-refractivity contribution in [3.05, 3.63) is 0 Å². The van der Waals surface area contributed by atoms with Crippen molar-refractivity contribution in [2.45, 2.75) is 34.1 Å². The molecule has 0 unspecified atom stereocenters. The van der Waals surface area contributed by atoms with Crippen LogP contribution < -0.4 is 16.0 Å². The molecule has 51 heteroatoms. The molecule has 0 aromatic carbocycles. The predicted octanol–water partition coefficient (Wildman–Crippen LogP) is -3.90. The quantitative estimate of drug-likeness (QED) is 0.0147. The van der Waals surface area contributed by atoms with Crippen molar-refractivity contribution in [3.8, 4) is 0 Å². The average molecular weight is 2060 g/mol. The lowest BCUT2D eigenvalue weighted by atomic mass is 9.92. The van der Waals surface area contributed by atoms with Crippen LogP contribution in [0.4, 0.5) is 0 Å². The fraction of sp³-hybridized carbons (Fsp3) is 0.865. The van der Waals surface area contributed by atoms with Gasteiger partial charge in [0, 0.05) is 53.6 Å². The molecule has 0 saturated carbocycles. The van der Waals surface area contributed by atoms with E-state index < -0.39 is 91.1 Å². The highest BCUT2D eigenvalue weighted by atomic mass is 16.6. The molecule has 0 rings (SSSR count). The number of methoxy groups -OCH3 is 1. The van der Waals surface area contributed by atoms with Gasteiger partial charge in [0.15, 0.2) is 4.11 Å². The molecule has 0 aromatic heterocycles. The van der Waals surface area contributed by atoms with E-state index in [1.807, 2.05) is 0 Å². The van der Waals surface area contributed by atoms with E-state index in [4.69, 9.17) is 160 Å². The zero-order valence-corrected chi connectivity index (χ0v) is 80.9. The maximum atomic E-state index is 11.0. The van der Waals surface area contributed by atoms with Gasteiger partial charge in [-0.05, 0) is 6.42 Å². The number of carbonyl (C=O) groups is 12. The molecule has 51 nitrogen and oxygen atoms in total. The molecule has 0 atom stereocenters. The molecule has 0 heterocycles. The summed E-state index contributed by atoms with van der Waals surface area (Å²) in [5.41, 5.74) is -3.01. The van der Waals surface area contributed by atoms with Crippen LogP contribution in [0.1, 0.15) is 47.8 Å². The van der Waals surface area contributed by atoms with E-state index in [1.54, 1.807) is 7.11 Å². The molecule has 0 fully saturated rings. The first-order valence-corrected chi connectivity index (χ1v) is 44.9. The van der Waals surface area contributed by atoms with Gasteiger partial charge < -0.3 is 212 Å². The summed E-state index contributed by atoms with van der Waals surface area (Å²) in [6, 6.07) is 0. The van der Waals surface area contributed by atoms with Gasteiger partial charge in [-0.1, -0.05) is 7.43 Å². The van der Waals surface area contributed by atoms with Crippen LogP contribution >= 0.6 is 0 Å². The molecular formula is C89H167N3O48. The maximum absolute atomic E-state index is 11.0. The van der Waals surface area contributed by atoms with Crippen molar-refractivity contribution in [1.82, 2.24) is 16.0 Å². The fourth-order valence-electron chi connectivity index (χ4n) is 10.2.